The summed E-state index contributed by atoms with van der Waals surface area (Å²) in [6.07, 6.45) is 3.72. The van der Waals surface area contributed by atoms with Crippen LogP contribution in [-0.4, -0.2) is 31.1 Å². The highest BCUT2D eigenvalue weighted by Gasteiger charge is 2.18. The van der Waals surface area contributed by atoms with Gasteiger partial charge in [-0.2, -0.15) is 0 Å². The van der Waals surface area contributed by atoms with Gasteiger partial charge in [-0.05, 0) is 43.6 Å². The van der Waals surface area contributed by atoms with Crippen LogP contribution < -0.4 is 5.73 Å². The van der Waals surface area contributed by atoms with Crippen LogP contribution in [0.3, 0.4) is 0 Å². The van der Waals surface area contributed by atoms with Gasteiger partial charge in [-0.1, -0.05) is 12.5 Å². The molecule has 1 atom stereocenters. The average molecular weight is 254 g/mol. The summed E-state index contributed by atoms with van der Waals surface area (Å²) in [5.41, 5.74) is 6.56. The standard InChI is InChI=1S/C14H20F2N2/c15-13-5-4-11(8-14(13)16)12(9-17)10-18-6-2-1-3-7-18/h4-5,8,12H,1-3,6-7,9-10,17H2. The first kappa shape index (κ1) is 13.4. The summed E-state index contributed by atoms with van der Waals surface area (Å²) < 4.78 is 26.1. The SMILES string of the molecule is NCC(CN1CCCCC1)c1ccc(F)c(F)c1. The van der Waals surface area contributed by atoms with E-state index in [1.807, 2.05) is 0 Å². The number of likely N-dealkylation sites (tertiary alicyclic amines) is 1. The molecular weight excluding hydrogens is 234 g/mol. The third-order valence-electron chi connectivity index (χ3n) is 3.63. The predicted octanol–water partition coefficient (Wildman–Crippen LogP) is 2.49. The van der Waals surface area contributed by atoms with Crippen molar-refractivity contribution in [3.05, 3.63) is 35.4 Å². The summed E-state index contributed by atoms with van der Waals surface area (Å²) in [7, 11) is 0. The molecule has 1 unspecified atom stereocenters. The molecular formula is C14H20F2N2. The van der Waals surface area contributed by atoms with Gasteiger partial charge in [0.05, 0.1) is 0 Å². The van der Waals surface area contributed by atoms with Gasteiger partial charge in [0.2, 0.25) is 0 Å². The normalized spacial score (nSPS) is 18.8. The van der Waals surface area contributed by atoms with Gasteiger partial charge < -0.3 is 10.6 Å². The second kappa shape index (κ2) is 6.25. The first-order valence-corrected chi connectivity index (χ1v) is 6.58. The Morgan fingerprint density at radius 1 is 1.11 bits per heavy atom. The predicted molar refractivity (Wildman–Crippen MR) is 68.4 cm³/mol. The van der Waals surface area contributed by atoms with Crippen molar-refractivity contribution in [1.82, 2.24) is 4.90 Å². The van der Waals surface area contributed by atoms with E-state index >= 15 is 0 Å². The lowest BCUT2D eigenvalue weighted by atomic mass is 9.97. The smallest absolute Gasteiger partial charge is 0.159 e. The Bertz CT molecular complexity index is 389. The van der Waals surface area contributed by atoms with Crippen LogP contribution in [0.15, 0.2) is 18.2 Å². The summed E-state index contributed by atoms with van der Waals surface area (Å²) in [6, 6.07) is 4.10. The minimum absolute atomic E-state index is 0.0817. The molecule has 0 radical (unpaired) electrons. The van der Waals surface area contributed by atoms with Gasteiger partial charge in [0.25, 0.3) is 0 Å². The van der Waals surface area contributed by atoms with Crippen molar-refractivity contribution in [1.29, 1.82) is 0 Å². The quantitative estimate of drug-likeness (QED) is 0.894. The van der Waals surface area contributed by atoms with Gasteiger partial charge >= 0.3 is 0 Å². The van der Waals surface area contributed by atoms with Gasteiger partial charge in [0, 0.05) is 19.0 Å². The summed E-state index contributed by atoms with van der Waals surface area (Å²) in [4.78, 5) is 2.36. The summed E-state index contributed by atoms with van der Waals surface area (Å²) in [5, 5.41) is 0. The molecule has 2 N–H and O–H groups in total. The molecule has 18 heavy (non-hydrogen) atoms. The molecule has 1 aromatic rings. The van der Waals surface area contributed by atoms with E-state index in [1.165, 1.54) is 31.4 Å². The molecule has 0 amide bonds. The van der Waals surface area contributed by atoms with E-state index in [1.54, 1.807) is 6.07 Å². The Balaban J connectivity index is 2.04. The number of hydrogen-bond donors (Lipinski definition) is 1. The molecule has 1 aromatic carbocycles. The third-order valence-corrected chi connectivity index (χ3v) is 3.63. The van der Waals surface area contributed by atoms with E-state index < -0.39 is 11.6 Å². The zero-order chi connectivity index (χ0) is 13.0. The van der Waals surface area contributed by atoms with Crippen LogP contribution in [0, 0.1) is 11.6 Å². The highest BCUT2D eigenvalue weighted by atomic mass is 19.2. The third kappa shape index (κ3) is 3.27. The number of halogens is 2. The van der Waals surface area contributed by atoms with E-state index in [9.17, 15) is 8.78 Å². The molecule has 100 valence electrons. The minimum atomic E-state index is -0.799. The second-order valence-electron chi connectivity index (χ2n) is 4.97. The van der Waals surface area contributed by atoms with Crippen LogP contribution in [0.4, 0.5) is 8.78 Å². The number of rotatable bonds is 4. The van der Waals surface area contributed by atoms with Crippen molar-refractivity contribution >= 4 is 0 Å². The molecule has 1 aliphatic rings. The van der Waals surface area contributed by atoms with Crippen molar-refractivity contribution in [3.63, 3.8) is 0 Å². The van der Waals surface area contributed by atoms with E-state index in [2.05, 4.69) is 4.90 Å². The Morgan fingerprint density at radius 2 is 1.83 bits per heavy atom. The average Bonchev–Trinajstić information content (AvgIpc) is 2.40. The monoisotopic (exact) mass is 254 g/mol. The molecule has 2 nitrogen and oxygen atoms in total. The van der Waals surface area contributed by atoms with Crippen molar-refractivity contribution < 1.29 is 8.78 Å². The zero-order valence-corrected chi connectivity index (χ0v) is 10.5. The fourth-order valence-corrected chi connectivity index (χ4v) is 2.54. The van der Waals surface area contributed by atoms with Gasteiger partial charge in [-0.3, -0.25) is 0 Å². The van der Waals surface area contributed by atoms with Gasteiger partial charge in [0.1, 0.15) is 0 Å². The molecule has 1 heterocycles. The Morgan fingerprint density at radius 3 is 2.44 bits per heavy atom. The minimum Gasteiger partial charge on any atom is -0.330 e. The van der Waals surface area contributed by atoms with E-state index in [0.29, 0.717) is 6.54 Å². The molecule has 1 saturated heterocycles. The van der Waals surface area contributed by atoms with Crippen LogP contribution in [0.1, 0.15) is 30.7 Å². The molecule has 4 heteroatoms. The maximum Gasteiger partial charge on any atom is 0.159 e. The first-order chi connectivity index (χ1) is 8.70. The zero-order valence-electron chi connectivity index (χ0n) is 10.5. The molecule has 2 rings (SSSR count). The number of piperidine rings is 1. The molecule has 0 spiro atoms. The molecule has 0 bridgehead atoms. The van der Waals surface area contributed by atoms with E-state index in [4.69, 9.17) is 5.73 Å². The molecule has 0 aliphatic carbocycles. The lowest BCUT2D eigenvalue weighted by molar-refractivity contribution is 0.216. The van der Waals surface area contributed by atoms with Crippen LogP contribution in [0.5, 0.6) is 0 Å². The number of hydrogen-bond acceptors (Lipinski definition) is 2. The lowest BCUT2D eigenvalue weighted by Gasteiger charge is -2.30. The van der Waals surface area contributed by atoms with Gasteiger partial charge in [-0.25, -0.2) is 8.78 Å². The van der Waals surface area contributed by atoms with E-state index in [-0.39, 0.29) is 5.92 Å². The lowest BCUT2D eigenvalue weighted by Crippen LogP contribution is -2.35. The molecule has 0 saturated carbocycles. The van der Waals surface area contributed by atoms with Crippen molar-refractivity contribution in [2.24, 2.45) is 5.73 Å². The first-order valence-electron chi connectivity index (χ1n) is 6.58. The highest BCUT2D eigenvalue weighted by molar-refractivity contribution is 5.22. The molecule has 0 aromatic heterocycles. The van der Waals surface area contributed by atoms with Gasteiger partial charge in [0.15, 0.2) is 11.6 Å². The number of nitrogens with zero attached hydrogens (tertiary/aromatic N) is 1. The van der Waals surface area contributed by atoms with Crippen LogP contribution in [0.25, 0.3) is 0 Å². The summed E-state index contributed by atoms with van der Waals surface area (Å²) in [5.74, 6) is -1.50. The molecule has 1 aliphatic heterocycles. The number of benzene rings is 1. The van der Waals surface area contributed by atoms with Crippen molar-refractivity contribution in [2.75, 3.05) is 26.2 Å². The summed E-state index contributed by atoms with van der Waals surface area (Å²) in [6.45, 7) is 3.46. The number of nitrogens with two attached hydrogens (primary N) is 1. The van der Waals surface area contributed by atoms with Crippen molar-refractivity contribution in [2.45, 2.75) is 25.2 Å². The highest BCUT2D eigenvalue weighted by Crippen LogP contribution is 2.20. The van der Waals surface area contributed by atoms with Crippen LogP contribution >= 0.6 is 0 Å². The maximum atomic E-state index is 13.2. The second-order valence-corrected chi connectivity index (χ2v) is 4.97. The Labute approximate surface area is 107 Å². The Hall–Kier alpha value is -1.00. The van der Waals surface area contributed by atoms with Crippen LogP contribution in [0.2, 0.25) is 0 Å². The largest absolute Gasteiger partial charge is 0.330 e. The molecule has 1 fully saturated rings. The maximum absolute atomic E-state index is 13.2. The van der Waals surface area contributed by atoms with E-state index in [0.717, 1.165) is 25.2 Å². The fraction of sp³-hybridized carbons (Fsp3) is 0.571. The van der Waals surface area contributed by atoms with Crippen molar-refractivity contribution in [3.8, 4) is 0 Å². The van der Waals surface area contributed by atoms with Gasteiger partial charge in [-0.15, -0.1) is 0 Å². The summed E-state index contributed by atoms with van der Waals surface area (Å²) >= 11 is 0. The van der Waals surface area contributed by atoms with Crippen LogP contribution in [-0.2, 0) is 0 Å². The fourth-order valence-electron chi connectivity index (χ4n) is 2.54. The Kier molecular flexibility index (Phi) is 4.66. The topological polar surface area (TPSA) is 29.3 Å².